The van der Waals surface area contributed by atoms with Crippen LogP contribution in [0.1, 0.15) is 13.3 Å². The number of piperazine rings is 1. The number of fused-ring (bicyclic) bond motifs is 1. The number of anilines is 1. The van der Waals surface area contributed by atoms with Crippen LogP contribution in [-0.2, 0) is 4.79 Å². The van der Waals surface area contributed by atoms with Crippen LogP contribution in [0.25, 0.3) is 16.9 Å². The molecule has 0 bridgehead atoms. The highest BCUT2D eigenvalue weighted by molar-refractivity contribution is 5.94. The lowest BCUT2D eigenvalue weighted by atomic mass is 9.90. The molecule has 200 valence electrons. The smallest absolute Gasteiger partial charge is 0.247 e. The molecule has 0 saturated carbocycles. The predicted molar refractivity (Wildman–Crippen MR) is 141 cm³/mol. The number of halogens is 2. The maximum Gasteiger partial charge on any atom is 0.247 e. The van der Waals surface area contributed by atoms with Crippen molar-refractivity contribution in [2.75, 3.05) is 51.7 Å². The zero-order valence-corrected chi connectivity index (χ0v) is 21.4. The average molecular weight is 524 g/mol. The quantitative estimate of drug-likeness (QED) is 0.418. The fourth-order valence-corrected chi connectivity index (χ4v) is 4.87. The van der Waals surface area contributed by atoms with Gasteiger partial charge in [-0.05, 0) is 30.5 Å². The van der Waals surface area contributed by atoms with Gasteiger partial charge in [0, 0.05) is 68.5 Å². The highest BCUT2D eigenvalue weighted by Gasteiger charge is 2.23. The third kappa shape index (κ3) is 5.25. The molecule has 1 unspecified atom stereocenters. The fourth-order valence-electron chi connectivity index (χ4n) is 4.87. The molecule has 2 aromatic heterocycles. The Bertz CT molecular complexity index is 1400. The van der Waals surface area contributed by atoms with Gasteiger partial charge in [-0.2, -0.15) is 4.39 Å². The Labute approximate surface area is 219 Å². The zero-order valence-electron chi connectivity index (χ0n) is 21.4. The van der Waals surface area contributed by atoms with E-state index in [1.165, 1.54) is 25.4 Å². The van der Waals surface area contributed by atoms with Crippen molar-refractivity contribution in [3.05, 3.63) is 65.8 Å². The number of hydrogen-bond donors (Lipinski definition) is 3. The monoisotopic (exact) mass is 523 g/mol. The summed E-state index contributed by atoms with van der Waals surface area (Å²) in [5.41, 5.74) is 2.53. The number of allylic oxidation sites excluding steroid dienone is 3. The number of imidazole rings is 1. The number of methoxy groups -OCH3 is 1. The molecule has 1 aromatic carbocycles. The van der Waals surface area contributed by atoms with Crippen molar-refractivity contribution < 1.29 is 18.3 Å². The highest BCUT2D eigenvalue weighted by atomic mass is 19.2. The SMILES string of the molecule is COc1ccc(-c2cnc3c(NC4=CC=C(C(=O)NCCN5CCNCC5)C(C)C4)nccn23)c(F)c1F. The van der Waals surface area contributed by atoms with Gasteiger partial charge >= 0.3 is 0 Å². The molecule has 9 nitrogen and oxygen atoms in total. The third-order valence-electron chi connectivity index (χ3n) is 6.96. The number of nitrogens with one attached hydrogen (secondary N) is 3. The second-order valence-corrected chi connectivity index (χ2v) is 9.45. The first-order chi connectivity index (χ1) is 18.5. The summed E-state index contributed by atoms with van der Waals surface area (Å²) in [5.74, 6) is -1.79. The number of nitrogens with zero attached hydrogens (tertiary/aromatic N) is 4. The molecule has 1 saturated heterocycles. The molecule has 1 atom stereocenters. The molecule has 2 aliphatic rings. The molecule has 1 aliphatic heterocycles. The Morgan fingerprint density at radius 2 is 2.00 bits per heavy atom. The van der Waals surface area contributed by atoms with Crippen LogP contribution in [0.3, 0.4) is 0 Å². The van der Waals surface area contributed by atoms with Crippen LogP contribution in [0.15, 0.2) is 54.1 Å². The minimum atomic E-state index is -1.05. The van der Waals surface area contributed by atoms with Gasteiger partial charge in [0.15, 0.2) is 23.0 Å². The number of rotatable bonds is 8. The van der Waals surface area contributed by atoms with Gasteiger partial charge in [0.2, 0.25) is 11.7 Å². The van der Waals surface area contributed by atoms with Gasteiger partial charge in [-0.1, -0.05) is 13.0 Å². The van der Waals surface area contributed by atoms with E-state index in [9.17, 15) is 13.6 Å². The van der Waals surface area contributed by atoms with E-state index in [1.54, 1.807) is 16.8 Å². The van der Waals surface area contributed by atoms with Crippen molar-refractivity contribution >= 4 is 17.4 Å². The summed E-state index contributed by atoms with van der Waals surface area (Å²) in [6.07, 6.45) is 9.02. The van der Waals surface area contributed by atoms with Crippen molar-refractivity contribution in [3.8, 4) is 17.0 Å². The molecule has 1 amide bonds. The Morgan fingerprint density at radius 3 is 2.76 bits per heavy atom. The van der Waals surface area contributed by atoms with Crippen molar-refractivity contribution in [3.63, 3.8) is 0 Å². The lowest BCUT2D eigenvalue weighted by Crippen LogP contribution is -2.46. The van der Waals surface area contributed by atoms with Gasteiger partial charge in [0.1, 0.15) is 0 Å². The summed E-state index contributed by atoms with van der Waals surface area (Å²) in [5, 5.41) is 9.67. The van der Waals surface area contributed by atoms with Gasteiger partial charge < -0.3 is 20.7 Å². The van der Waals surface area contributed by atoms with Crippen LogP contribution < -0.4 is 20.7 Å². The fraction of sp³-hybridized carbons (Fsp3) is 0.370. The van der Waals surface area contributed by atoms with Crippen LogP contribution in [-0.4, -0.2) is 71.6 Å². The van der Waals surface area contributed by atoms with Crippen molar-refractivity contribution in [1.29, 1.82) is 0 Å². The van der Waals surface area contributed by atoms with E-state index in [-0.39, 0.29) is 23.1 Å². The summed E-state index contributed by atoms with van der Waals surface area (Å²) < 4.78 is 35.6. The van der Waals surface area contributed by atoms with E-state index in [0.717, 1.165) is 44.0 Å². The average Bonchev–Trinajstić information content (AvgIpc) is 3.36. The van der Waals surface area contributed by atoms with E-state index in [2.05, 4.69) is 30.8 Å². The summed E-state index contributed by atoms with van der Waals surface area (Å²) in [6.45, 7) is 7.43. The predicted octanol–water partition coefficient (Wildman–Crippen LogP) is 2.97. The summed E-state index contributed by atoms with van der Waals surface area (Å²) in [6, 6.07) is 2.84. The zero-order chi connectivity index (χ0) is 26.6. The van der Waals surface area contributed by atoms with Gasteiger partial charge in [-0.15, -0.1) is 0 Å². The maximum atomic E-state index is 14.8. The number of amides is 1. The Kier molecular flexibility index (Phi) is 7.66. The van der Waals surface area contributed by atoms with Gasteiger partial charge in [-0.25, -0.2) is 14.4 Å². The van der Waals surface area contributed by atoms with Crippen LogP contribution in [0, 0.1) is 17.6 Å². The first-order valence-electron chi connectivity index (χ1n) is 12.7. The summed E-state index contributed by atoms with van der Waals surface area (Å²) >= 11 is 0. The summed E-state index contributed by atoms with van der Waals surface area (Å²) in [4.78, 5) is 23.9. The van der Waals surface area contributed by atoms with E-state index < -0.39 is 11.6 Å². The number of aromatic nitrogens is 3. The lowest BCUT2D eigenvalue weighted by Gasteiger charge is -2.27. The molecule has 11 heteroatoms. The van der Waals surface area contributed by atoms with Gasteiger partial charge in [-0.3, -0.25) is 14.1 Å². The molecule has 1 aliphatic carbocycles. The third-order valence-corrected chi connectivity index (χ3v) is 6.96. The molecule has 1 fully saturated rings. The molecule has 5 rings (SSSR count). The lowest BCUT2D eigenvalue weighted by molar-refractivity contribution is -0.118. The molecule has 3 heterocycles. The van der Waals surface area contributed by atoms with Crippen molar-refractivity contribution in [2.24, 2.45) is 5.92 Å². The minimum Gasteiger partial charge on any atom is -0.494 e. The standard InChI is InChI=1S/C27H31F2N7O2/c1-17-15-18(3-4-19(17)27(37)32-9-13-35-11-7-30-8-12-35)34-25-26-33-16-21(36(26)14-10-31-25)20-5-6-22(38-2)24(29)23(20)28/h3-6,10,14,16-17,30H,7-9,11-13,15H2,1-2H3,(H,31,34)(H,32,37). The number of hydrogen-bond acceptors (Lipinski definition) is 7. The van der Waals surface area contributed by atoms with Crippen molar-refractivity contribution in [1.82, 2.24) is 29.9 Å². The molecule has 3 N–H and O–H groups in total. The molecule has 0 spiro atoms. The number of carbonyl (C=O) groups excluding carboxylic acids is 1. The minimum absolute atomic E-state index is 0.00750. The Balaban J connectivity index is 1.29. The number of benzene rings is 1. The normalized spacial score (nSPS) is 18.2. The Morgan fingerprint density at radius 1 is 1.18 bits per heavy atom. The second-order valence-electron chi connectivity index (χ2n) is 9.45. The van der Waals surface area contributed by atoms with Crippen LogP contribution in [0.4, 0.5) is 14.6 Å². The maximum absolute atomic E-state index is 14.8. The molecule has 38 heavy (non-hydrogen) atoms. The van der Waals surface area contributed by atoms with Crippen molar-refractivity contribution in [2.45, 2.75) is 13.3 Å². The van der Waals surface area contributed by atoms with Crippen LogP contribution in [0.5, 0.6) is 5.75 Å². The first-order valence-corrected chi connectivity index (χ1v) is 12.7. The molecular weight excluding hydrogens is 492 g/mol. The summed E-state index contributed by atoms with van der Waals surface area (Å²) in [7, 11) is 1.29. The van der Waals surface area contributed by atoms with E-state index in [4.69, 9.17) is 4.74 Å². The van der Waals surface area contributed by atoms with E-state index in [0.29, 0.717) is 30.1 Å². The number of ether oxygens (including phenoxy) is 1. The van der Waals surface area contributed by atoms with Gasteiger partial charge in [0.05, 0.1) is 19.0 Å². The Hall–Kier alpha value is -3.83. The first kappa shape index (κ1) is 25.8. The van der Waals surface area contributed by atoms with E-state index in [1.807, 2.05) is 19.1 Å². The largest absolute Gasteiger partial charge is 0.494 e. The molecule has 0 radical (unpaired) electrons. The molecular formula is C27H31F2N7O2. The van der Waals surface area contributed by atoms with Gasteiger partial charge in [0.25, 0.3) is 0 Å². The highest BCUT2D eigenvalue weighted by Crippen LogP contribution is 2.32. The topological polar surface area (TPSA) is 95.8 Å². The van der Waals surface area contributed by atoms with E-state index >= 15 is 0 Å². The van der Waals surface area contributed by atoms with Crippen LogP contribution >= 0.6 is 0 Å². The molecule has 3 aromatic rings. The van der Waals surface area contributed by atoms with Crippen LogP contribution in [0.2, 0.25) is 0 Å². The number of carbonyl (C=O) groups is 1. The second kappa shape index (κ2) is 11.3.